The molecule has 2 aromatic heterocycles. The molecule has 0 spiro atoms. The number of fused-ring (bicyclic) bond motifs is 2. The van der Waals surface area contributed by atoms with Crippen LogP contribution in [-0.2, 0) is 12.8 Å². The predicted octanol–water partition coefficient (Wildman–Crippen LogP) is 8.08. The van der Waals surface area contributed by atoms with Crippen molar-refractivity contribution >= 4 is 33.6 Å². The number of aromatic nitrogens is 2. The zero-order valence-corrected chi connectivity index (χ0v) is 29.0. The van der Waals surface area contributed by atoms with Crippen LogP contribution in [-0.4, -0.2) is 47.6 Å². The molecule has 8 heteroatoms. The maximum Gasteiger partial charge on any atom is 0.255 e. The maximum atomic E-state index is 12.5. The lowest BCUT2D eigenvalue weighted by Crippen LogP contribution is -2.26. The number of hydrogen-bond donors (Lipinski definition) is 4. The topological polar surface area (TPSA) is 108 Å². The number of amides is 2. The Hall–Kier alpha value is -5.50. The van der Waals surface area contributed by atoms with Crippen LogP contribution in [0.3, 0.4) is 0 Å². The molecule has 0 saturated carbocycles. The molecular formula is C41H46N4O4. The van der Waals surface area contributed by atoms with Gasteiger partial charge in [-0.1, -0.05) is 60.7 Å². The molecule has 0 unspecified atom stereocenters. The fraction of sp³-hybridized carbons (Fsp3) is 0.268. The van der Waals surface area contributed by atoms with Crippen LogP contribution in [0.25, 0.3) is 21.8 Å². The van der Waals surface area contributed by atoms with Crippen LogP contribution in [0, 0.1) is 13.8 Å². The fourth-order valence-electron chi connectivity index (χ4n) is 6.05. The highest BCUT2D eigenvalue weighted by molar-refractivity contribution is 5.97. The monoisotopic (exact) mass is 658 g/mol. The minimum atomic E-state index is -0.103. The van der Waals surface area contributed by atoms with Crippen molar-refractivity contribution in [2.45, 2.75) is 53.6 Å². The molecule has 0 saturated heterocycles. The minimum Gasteiger partial charge on any atom is -0.493 e. The summed E-state index contributed by atoms with van der Waals surface area (Å²) in [5, 5.41) is 8.45. The van der Waals surface area contributed by atoms with Gasteiger partial charge in [0, 0.05) is 46.3 Å². The smallest absolute Gasteiger partial charge is 0.255 e. The Labute approximate surface area is 288 Å². The van der Waals surface area contributed by atoms with Crippen LogP contribution in [0.1, 0.15) is 64.0 Å². The van der Waals surface area contributed by atoms with Crippen molar-refractivity contribution in [3.63, 3.8) is 0 Å². The Kier molecular flexibility index (Phi) is 11.8. The number of ether oxygens (including phenoxy) is 2. The highest BCUT2D eigenvalue weighted by Gasteiger charge is 2.15. The molecule has 2 amide bonds. The van der Waals surface area contributed by atoms with Gasteiger partial charge in [0.15, 0.2) is 0 Å². The van der Waals surface area contributed by atoms with Gasteiger partial charge >= 0.3 is 0 Å². The summed E-state index contributed by atoms with van der Waals surface area (Å²) in [6.45, 7) is 11.7. The Morgan fingerprint density at radius 1 is 0.633 bits per heavy atom. The van der Waals surface area contributed by atoms with E-state index in [0.717, 1.165) is 35.3 Å². The molecular weight excluding hydrogens is 612 g/mol. The van der Waals surface area contributed by atoms with Gasteiger partial charge in [-0.05, 0) is 95.0 Å². The number of aryl methyl sites for hydroxylation is 2. The van der Waals surface area contributed by atoms with E-state index in [2.05, 4.69) is 58.7 Å². The molecule has 0 aliphatic heterocycles. The van der Waals surface area contributed by atoms with E-state index in [4.69, 9.17) is 9.47 Å². The number of rotatable bonds is 12. The second kappa shape index (κ2) is 16.6. The molecule has 6 rings (SSSR count). The molecule has 0 aliphatic carbocycles. The lowest BCUT2D eigenvalue weighted by atomic mass is 10.1. The van der Waals surface area contributed by atoms with Crippen LogP contribution in [0.4, 0.5) is 0 Å². The normalized spacial score (nSPS) is 10.9. The number of H-pyrrole nitrogens is 2. The third-order valence-electron chi connectivity index (χ3n) is 8.30. The van der Waals surface area contributed by atoms with Crippen molar-refractivity contribution in [2.75, 3.05) is 19.7 Å². The maximum absolute atomic E-state index is 12.5. The molecule has 254 valence electrons. The van der Waals surface area contributed by atoms with Crippen LogP contribution in [0.2, 0.25) is 0 Å². The number of para-hydroxylation sites is 4. The fourth-order valence-corrected chi connectivity index (χ4v) is 6.05. The Balaban J connectivity index is 0.000000191. The van der Waals surface area contributed by atoms with Gasteiger partial charge in [0.25, 0.3) is 11.8 Å². The van der Waals surface area contributed by atoms with Crippen molar-refractivity contribution in [1.29, 1.82) is 0 Å². The second-order valence-electron chi connectivity index (χ2n) is 12.2. The predicted molar refractivity (Wildman–Crippen MR) is 198 cm³/mol. The first-order chi connectivity index (χ1) is 23.8. The molecule has 0 bridgehead atoms. The first-order valence-corrected chi connectivity index (χ1v) is 16.9. The Morgan fingerprint density at radius 3 is 1.55 bits per heavy atom. The molecule has 0 fully saturated rings. The number of hydrogen-bond acceptors (Lipinski definition) is 4. The van der Waals surface area contributed by atoms with Gasteiger partial charge in [-0.15, -0.1) is 0 Å². The van der Waals surface area contributed by atoms with E-state index >= 15 is 0 Å². The average molecular weight is 659 g/mol. The first-order valence-electron chi connectivity index (χ1n) is 16.9. The number of nitrogens with one attached hydrogen (secondary N) is 4. The SMILES string of the molecule is CCOc1ccccc1C(=O)NCCc1c(C)[nH]c2ccccc12.Cc1[nH]c2ccccc2c1CCNC(=O)c1ccccc1OC(C)C. The van der Waals surface area contributed by atoms with Gasteiger partial charge in [0.05, 0.1) is 23.8 Å². The molecule has 49 heavy (non-hydrogen) atoms. The summed E-state index contributed by atoms with van der Waals surface area (Å²) in [5.41, 5.74) is 8.24. The molecule has 0 aliphatic rings. The van der Waals surface area contributed by atoms with Gasteiger partial charge < -0.3 is 30.1 Å². The van der Waals surface area contributed by atoms with Crippen LogP contribution in [0.15, 0.2) is 97.1 Å². The molecule has 8 nitrogen and oxygen atoms in total. The van der Waals surface area contributed by atoms with E-state index in [0.29, 0.717) is 42.3 Å². The largest absolute Gasteiger partial charge is 0.493 e. The van der Waals surface area contributed by atoms with E-state index in [9.17, 15) is 9.59 Å². The lowest BCUT2D eigenvalue weighted by molar-refractivity contribution is 0.0940. The summed E-state index contributed by atoms with van der Waals surface area (Å²) in [6.07, 6.45) is 1.61. The number of carbonyl (C=O) groups excluding carboxylic acids is 2. The summed E-state index contributed by atoms with van der Waals surface area (Å²) in [4.78, 5) is 31.7. The molecule has 0 atom stereocenters. The summed E-state index contributed by atoms with van der Waals surface area (Å²) in [7, 11) is 0. The van der Waals surface area contributed by atoms with Crippen LogP contribution < -0.4 is 20.1 Å². The van der Waals surface area contributed by atoms with Crippen molar-refractivity contribution in [3.05, 3.63) is 131 Å². The molecule has 2 heterocycles. The van der Waals surface area contributed by atoms with Gasteiger partial charge in [0.2, 0.25) is 0 Å². The summed E-state index contributed by atoms with van der Waals surface area (Å²) in [6, 6.07) is 31.2. The zero-order chi connectivity index (χ0) is 34.8. The Morgan fingerprint density at radius 2 is 1.06 bits per heavy atom. The van der Waals surface area contributed by atoms with Gasteiger partial charge in [-0.2, -0.15) is 0 Å². The molecule has 4 aromatic carbocycles. The molecule has 0 radical (unpaired) electrons. The Bertz CT molecular complexity index is 2020. The number of aromatic amines is 2. The zero-order valence-electron chi connectivity index (χ0n) is 29.0. The van der Waals surface area contributed by atoms with Crippen molar-refractivity contribution in [3.8, 4) is 11.5 Å². The van der Waals surface area contributed by atoms with E-state index in [1.807, 2.05) is 81.4 Å². The summed E-state index contributed by atoms with van der Waals surface area (Å²) in [5.74, 6) is 1.05. The number of carbonyl (C=O) groups is 2. The summed E-state index contributed by atoms with van der Waals surface area (Å²) >= 11 is 0. The highest BCUT2D eigenvalue weighted by atomic mass is 16.5. The van der Waals surface area contributed by atoms with E-state index < -0.39 is 0 Å². The number of benzene rings is 4. The quantitative estimate of drug-likeness (QED) is 0.107. The standard InChI is InChI=1S/C21H24N2O2.C20H22N2O2/c1-14(2)25-20-11-7-5-9-18(20)21(24)22-13-12-16-15(3)23-19-10-6-4-8-17(16)19;1-3-24-19-11-7-5-9-17(19)20(23)21-13-12-15-14(2)22-18-10-6-4-8-16(15)18/h4-11,14,23H,12-13H2,1-3H3,(H,22,24);4-11,22H,3,12-13H2,1-2H3,(H,21,23). The van der Waals surface area contributed by atoms with E-state index in [1.54, 1.807) is 12.1 Å². The third-order valence-corrected chi connectivity index (χ3v) is 8.30. The highest BCUT2D eigenvalue weighted by Crippen LogP contribution is 2.24. The van der Waals surface area contributed by atoms with Gasteiger partial charge in [-0.25, -0.2) is 0 Å². The lowest BCUT2D eigenvalue weighted by Gasteiger charge is -2.14. The van der Waals surface area contributed by atoms with Gasteiger partial charge in [-0.3, -0.25) is 9.59 Å². The third kappa shape index (κ3) is 8.70. The second-order valence-corrected chi connectivity index (χ2v) is 12.2. The van der Waals surface area contributed by atoms with Crippen molar-refractivity contribution in [2.24, 2.45) is 0 Å². The van der Waals surface area contributed by atoms with Crippen molar-refractivity contribution < 1.29 is 19.1 Å². The molecule has 6 aromatic rings. The van der Waals surface area contributed by atoms with Crippen LogP contribution >= 0.6 is 0 Å². The van der Waals surface area contributed by atoms with E-state index in [1.165, 1.54) is 21.9 Å². The van der Waals surface area contributed by atoms with Crippen molar-refractivity contribution in [1.82, 2.24) is 20.6 Å². The van der Waals surface area contributed by atoms with Gasteiger partial charge in [0.1, 0.15) is 11.5 Å². The minimum absolute atomic E-state index is 0.0304. The average Bonchev–Trinajstić information content (AvgIpc) is 3.59. The van der Waals surface area contributed by atoms with E-state index in [-0.39, 0.29) is 17.9 Å². The van der Waals surface area contributed by atoms with Crippen LogP contribution in [0.5, 0.6) is 11.5 Å². The summed E-state index contributed by atoms with van der Waals surface area (Å²) < 4.78 is 11.3. The first kappa shape index (κ1) is 34.8. The molecule has 4 N–H and O–H groups in total.